The van der Waals surface area contributed by atoms with Crippen LogP contribution in [-0.4, -0.2) is 6.54 Å². The minimum atomic E-state index is 1.11. The van der Waals surface area contributed by atoms with Crippen LogP contribution in [0.25, 0.3) is 0 Å². The minimum Gasteiger partial charge on any atom is -0.341 e. The Morgan fingerprint density at radius 1 is 0.944 bits per heavy atom. The molecule has 0 radical (unpaired) electrons. The number of thiophene rings is 1. The minimum absolute atomic E-state index is 1.11. The SMILES string of the molecule is CCCCCCN(c1ccccc1)c1ccsc1. The van der Waals surface area contributed by atoms with Gasteiger partial charge in [-0.2, -0.15) is 11.3 Å². The first-order valence-electron chi connectivity index (χ1n) is 6.76. The molecule has 1 aromatic heterocycles. The quantitative estimate of drug-likeness (QED) is 0.596. The highest BCUT2D eigenvalue weighted by atomic mass is 32.1. The zero-order valence-electron chi connectivity index (χ0n) is 11.0. The Morgan fingerprint density at radius 2 is 1.78 bits per heavy atom. The first kappa shape index (κ1) is 13.2. The van der Waals surface area contributed by atoms with Gasteiger partial charge in [0.2, 0.25) is 0 Å². The molecule has 96 valence electrons. The highest BCUT2D eigenvalue weighted by Gasteiger charge is 2.08. The maximum Gasteiger partial charge on any atom is 0.0519 e. The van der Waals surface area contributed by atoms with Crippen molar-refractivity contribution in [3.8, 4) is 0 Å². The molecule has 0 aliphatic rings. The topological polar surface area (TPSA) is 3.24 Å². The molecule has 1 nitrogen and oxygen atoms in total. The summed E-state index contributed by atoms with van der Waals surface area (Å²) in [6, 6.07) is 12.9. The zero-order chi connectivity index (χ0) is 12.6. The van der Waals surface area contributed by atoms with Gasteiger partial charge in [-0.1, -0.05) is 44.4 Å². The average Bonchev–Trinajstić information content (AvgIpc) is 2.94. The Bertz CT molecular complexity index is 422. The molecule has 0 N–H and O–H groups in total. The lowest BCUT2D eigenvalue weighted by Gasteiger charge is -2.23. The molecule has 2 heteroatoms. The molecule has 0 unspecified atom stereocenters. The van der Waals surface area contributed by atoms with E-state index in [2.05, 4.69) is 59.0 Å². The van der Waals surface area contributed by atoms with E-state index in [0.29, 0.717) is 0 Å². The molecule has 0 spiro atoms. The molecule has 1 heterocycles. The van der Waals surface area contributed by atoms with E-state index in [1.54, 1.807) is 11.3 Å². The van der Waals surface area contributed by atoms with Crippen LogP contribution in [0.4, 0.5) is 11.4 Å². The van der Waals surface area contributed by atoms with Gasteiger partial charge in [-0.3, -0.25) is 0 Å². The predicted molar refractivity (Wildman–Crippen MR) is 81.9 cm³/mol. The van der Waals surface area contributed by atoms with Crippen LogP contribution in [0.1, 0.15) is 32.6 Å². The molecule has 2 aromatic rings. The zero-order valence-corrected chi connectivity index (χ0v) is 11.8. The Labute approximate surface area is 114 Å². The van der Waals surface area contributed by atoms with Gasteiger partial charge < -0.3 is 4.90 Å². The van der Waals surface area contributed by atoms with Crippen LogP contribution >= 0.6 is 11.3 Å². The van der Waals surface area contributed by atoms with Crippen LogP contribution in [0.5, 0.6) is 0 Å². The lowest BCUT2D eigenvalue weighted by Crippen LogP contribution is -2.17. The van der Waals surface area contributed by atoms with Crippen molar-refractivity contribution < 1.29 is 0 Å². The second-order valence-corrected chi connectivity index (χ2v) is 5.31. The molecule has 0 aliphatic carbocycles. The molecule has 0 aliphatic heterocycles. The van der Waals surface area contributed by atoms with E-state index >= 15 is 0 Å². The lowest BCUT2D eigenvalue weighted by molar-refractivity contribution is 0.668. The number of unbranched alkanes of at least 4 members (excludes halogenated alkanes) is 3. The number of benzene rings is 1. The molecule has 0 fully saturated rings. The van der Waals surface area contributed by atoms with Gasteiger partial charge in [0, 0.05) is 17.6 Å². The highest BCUT2D eigenvalue weighted by Crippen LogP contribution is 2.27. The van der Waals surface area contributed by atoms with E-state index in [9.17, 15) is 0 Å². The largest absolute Gasteiger partial charge is 0.341 e. The van der Waals surface area contributed by atoms with Crippen molar-refractivity contribution in [1.29, 1.82) is 0 Å². The number of anilines is 2. The first-order chi connectivity index (χ1) is 8.92. The van der Waals surface area contributed by atoms with E-state index in [1.807, 2.05) is 0 Å². The van der Waals surface area contributed by atoms with Gasteiger partial charge in [-0.25, -0.2) is 0 Å². The van der Waals surface area contributed by atoms with Gasteiger partial charge in [0.1, 0.15) is 0 Å². The van der Waals surface area contributed by atoms with Crippen molar-refractivity contribution >= 4 is 22.7 Å². The summed E-state index contributed by atoms with van der Waals surface area (Å²) in [6.45, 7) is 3.37. The van der Waals surface area contributed by atoms with Crippen molar-refractivity contribution in [2.75, 3.05) is 11.4 Å². The Morgan fingerprint density at radius 3 is 2.44 bits per heavy atom. The molecule has 0 saturated carbocycles. The van der Waals surface area contributed by atoms with E-state index in [0.717, 1.165) is 6.54 Å². The maximum atomic E-state index is 2.42. The van der Waals surface area contributed by atoms with Gasteiger partial charge in [0.15, 0.2) is 0 Å². The van der Waals surface area contributed by atoms with E-state index in [4.69, 9.17) is 0 Å². The van der Waals surface area contributed by atoms with Crippen LogP contribution < -0.4 is 4.90 Å². The summed E-state index contributed by atoms with van der Waals surface area (Å²) in [4.78, 5) is 2.42. The van der Waals surface area contributed by atoms with Crippen LogP contribution in [0.3, 0.4) is 0 Å². The summed E-state index contributed by atoms with van der Waals surface area (Å²) in [7, 11) is 0. The molecular formula is C16H21NS. The van der Waals surface area contributed by atoms with Crippen LogP contribution in [0.2, 0.25) is 0 Å². The second-order valence-electron chi connectivity index (χ2n) is 4.53. The fourth-order valence-electron chi connectivity index (χ4n) is 2.12. The third-order valence-electron chi connectivity index (χ3n) is 3.12. The van der Waals surface area contributed by atoms with Crippen molar-refractivity contribution in [3.05, 3.63) is 47.2 Å². The predicted octanol–water partition coefficient (Wildman–Crippen LogP) is 5.47. The van der Waals surface area contributed by atoms with E-state index in [-0.39, 0.29) is 0 Å². The summed E-state index contributed by atoms with van der Waals surface area (Å²) in [5.74, 6) is 0. The normalized spacial score (nSPS) is 10.5. The second kappa shape index (κ2) is 7.22. The van der Waals surface area contributed by atoms with Crippen LogP contribution in [-0.2, 0) is 0 Å². The number of hydrogen-bond acceptors (Lipinski definition) is 2. The summed E-state index contributed by atoms with van der Waals surface area (Å²) in [5, 5.41) is 4.38. The maximum absolute atomic E-state index is 2.42. The van der Waals surface area contributed by atoms with Gasteiger partial charge in [0.05, 0.1) is 5.69 Å². The van der Waals surface area contributed by atoms with E-state index < -0.39 is 0 Å². The van der Waals surface area contributed by atoms with Crippen molar-refractivity contribution in [2.45, 2.75) is 32.6 Å². The lowest BCUT2D eigenvalue weighted by atomic mass is 10.2. The number of hydrogen-bond donors (Lipinski definition) is 0. The smallest absolute Gasteiger partial charge is 0.0519 e. The Kier molecular flexibility index (Phi) is 5.28. The van der Waals surface area contributed by atoms with Crippen LogP contribution in [0.15, 0.2) is 47.2 Å². The molecule has 0 amide bonds. The van der Waals surface area contributed by atoms with Crippen molar-refractivity contribution in [2.24, 2.45) is 0 Å². The fourth-order valence-corrected chi connectivity index (χ4v) is 2.76. The summed E-state index contributed by atoms with van der Waals surface area (Å²) >= 11 is 1.76. The third-order valence-corrected chi connectivity index (χ3v) is 3.79. The highest BCUT2D eigenvalue weighted by molar-refractivity contribution is 7.08. The Balaban J connectivity index is 2.05. The average molecular weight is 259 g/mol. The monoisotopic (exact) mass is 259 g/mol. The fraction of sp³-hybridized carbons (Fsp3) is 0.375. The van der Waals surface area contributed by atoms with Gasteiger partial charge >= 0.3 is 0 Å². The van der Waals surface area contributed by atoms with Gasteiger partial charge in [-0.05, 0) is 30.0 Å². The standard InChI is InChI=1S/C16H21NS/c1-2-3-4-8-12-17(16-11-13-18-14-16)15-9-6-5-7-10-15/h5-7,9-11,13-14H,2-4,8,12H2,1H3. The first-order valence-corrected chi connectivity index (χ1v) is 7.71. The summed E-state index contributed by atoms with van der Waals surface area (Å²) in [6.07, 6.45) is 5.22. The number of rotatable bonds is 7. The summed E-state index contributed by atoms with van der Waals surface area (Å²) in [5.41, 5.74) is 2.62. The van der Waals surface area contributed by atoms with Gasteiger partial charge in [-0.15, -0.1) is 0 Å². The third kappa shape index (κ3) is 3.61. The summed E-state index contributed by atoms with van der Waals surface area (Å²) < 4.78 is 0. The van der Waals surface area contributed by atoms with E-state index in [1.165, 1.54) is 37.1 Å². The molecule has 1 aromatic carbocycles. The molecule has 0 atom stereocenters. The van der Waals surface area contributed by atoms with Gasteiger partial charge in [0.25, 0.3) is 0 Å². The molecule has 0 bridgehead atoms. The molecule has 0 saturated heterocycles. The molecule has 2 rings (SSSR count). The number of nitrogens with zero attached hydrogens (tertiary/aromatic N) is 1. The molecule has 18 heavy (non-hydrogen) atoms. The Hall–Kier alpha value is -1.28. The number of para-hydroxylation sites is 1. The van der Waals surface area contributed by atoms with Crippen molar-refractivity contribution in [3.63, 3.8) is 0 Å². The van der Waals surface area contributed by atoms with Crippen LogP contribution in [0, 0.1) is 0 Å². The van der Waals surface area contributed by atoms with Crippen molar-refractivity contribution in [1.82, 2.24) is 0 Å². The molecular weight excluding hydrogens is 238 g/mol.